The number of pyridine rings is 1. The van der Waals surface area contributed by atoms with Crippen LogP contribution in [0.2, 0.25) is 0 Å². The Kier molecular flexibility index (Phi) is 7.74. The van der Waals surface area contributed by atoms with Gasteiger partial charge in [-0.05, 0) is 18.6 Å². The van der Waals surface area contributed by atoms with Crippen LogP contribution in [-0.2, 0) is 5.41 Å². The summed E-state index contributed by atoms with van der Waals surface area (Å²) in [6.07, 6.45) is 4.43. The van der Waals surface area contributed by atoms with Gasteiger partial charge in [-0.25, -0.2) is 19.9 Å². The maximum Gasteiger partial charge on any atom is 0.223 e. The molecule has 0 aliphatic heterocycles. The number of rotatable bonds is 6. The molecule has 4 N–H and O–H groups in total. The van der Waals surface area contributed by atoms with Crippen LogP contribution in [0.5, 0.6) is 5.75 Å². The second kappa shape index (κ2) is 10.0. The monoisotopic (exact) mass is 411 g/mol. The van der Waals surface area contributed by atoms with Crippen LogP contribution < -0.4 is 15.8 Å². The molecule has 0 aromatic carbocycles. The van der Waals surface area contributed by atoms with Crippen molar-refractivity contribution in [3.63, 3.8) is 0 Å². The van der Waals surface area contributed by atoms with Crippen molar-refractivity contribution >= 4 is 11.8 Å². The van der Waals surface area contributed by atoms with E-state index in [0.717, 1.165) is 41.4 Å². The average molecular weight is 412 g/mol. The molecule has 0 atom stereocenters. The smallest absolute Gasteiger partial charge is 0.223 e. The number of nitrogens with zero attached hydrogens (tertiary/aromatic N) is 4. The van der Waals surface area contributed by atoms with Crippen molar-refractivity contribution in [3.05, 3.63) is 30.4 Å². The fourth-order valence-electron chi connectivity index (χ4n) is 2.69. The molecule has 0 amide bonds. The van der Waals surface area contributed by atoms with Gasteiger partial charge in [-0.15, -0.1) is 0 Å². The number of nitrogens with one attached hydrogen (secondary N) is 2. The van der Waals surface area contributed by atoms with Gasteiger partial charge in [0.15, 0.2) is 11.6 Å². The molecule has 162 valence electrons. The zero-order valence-corrected chi connectivity index (χ0v) is 19.0. The summed E-state index contributed by atoms with van der Waals surface area (Å²) >= 11 is 0. The number of aromatic nitrogens is 5. The van der Waals surface area contributed by atoms with E-state index in [1.165, 1.54) is 0 Å². The maximum absolute atomic E-state index is 5.87. The number of nitrogen functional groups attached to an aromatic ring is 1. The largest absolute Gasteiger partial charge is 0.493 e. The minimum Gasteiger partial charge on any atom is -0.493 e. The van der Waals surface area contributed by atoms with E-state index in [2.05, 4.69) is 52.9 Å². The third-order valence-electron chi connectivity index (χ3n) is 4.23. The van der Waals surface area contributed by atoms with Crippen molar-refractivity contribution in [2.75, 3.05) is 24.7 Å². The summed E-state index contributed by atoms with van der Waals surface area (Å²) in [7, 11) is 1.57. The van der Waals surface area contributed by atoms with Gasteiger partial charge in [-0.2, -0.15) is 0 Å². The second-order valence-electron chi connectivity index (χ2n) is 7.56. The van der Waals surface area contributed by atoms with Gasteiger partial charge >= 0.3 is 0 Å². The summed E-state index contributed by atoms with van der Waals surface area (Å²) in [5.74, 6) is 2.30. The maximum atomic E-state index is 5.87. The number of ether oxygens (including phenoxy) is 1. The molecule has 8 nitrogen and oxygen atoms in total. The van der Waals surface area contributed by atoms with Crippen molar-refractivity contribution in [1.29, 1.82) is 0 Å². The first-order valence-electron chi connectivity index (χ1n) is 10.3. The zero-order valence-electron chi connectivity index (χ0n) is 19.0. The van der Waals surface area contributed by atoms with Crippen molar-refractivity contribution < 1.29 is 4.74 Å². The number of methoxy groups -OCH3 is 1. The molecule has 3 rings (SSSR count). The van der Waals surface area contributed by atoms with E-state index in [1.54, 1.807) is 19.5 Å². The highest BCUT2D eigenvalue weighted by atomic mass is 16.5. The Bertz CT molecular complexity index is 960. The van der Waals surface area contributed by atoms with Crippen LogP contribution in [0.3, 0.4) is 0 Å². The first-order valence-corrected chi connectivity index (χ1v) is 10.3. The Hall–Kier alpha value is -3.16. The highest BCUT2D eigenvalue weighted by molar-refractivity contribution is 5.78. The van der Waals surface area contributed by atoms with Crippen LogP contribution >= 0.6 is 0 Å². The molecule has 0 unspecified atom stereocenters. The molecule has 0 fully saturated rings. The predicted octanol–water partition coefficient (Wildman–Crippen LogP) is 4.67. The molecule has 3 aromatic heterocycles. The fraction of sp³-hybridized carbons (Fsp3) is 0.455. The molecule has 3 aromatic rings. The van der Waals surface area contributed by atoms with Crippen LogP contribution in [0.4, 0.5) is 11.8 Å². The quantitative estimate of drug-likeness (QED) is 0.540. The molecule has 0 radical (unpaired) electrons. The third kappa shape index (κ3) is 5.25. The average Bonchev–Trinajstić information content (AvgIpc) is 3.20. The number of H-pyrrole nitrogens is 1. The van der Waals surface area contributed by atoms with Gasteiger partial charge in [0.25, 0.3) is 0 Å². The number of anilines is 2. The molecule has 0 bridgehead atoms. The van der Waals surface area contributed by atoms with Gasteiger partial charge in [-0.3, -0.25) is 0 Å². The lowest BCUT2D eigenvalue weighted by Gasteiger charge is -2.14. The van der Waals surface area contributed by atoms with E-state index >= 15 is 0 Å². The van der Waals surface area contributed by atoms with E-state index in [4.69, 9.17) is 15.5 Å². The lowest BCUT2D eigenvalue weighted by molar-refractivity contribution is 0.415. The van der Waals surface area contributed by atoms with E-state index in [1.807, 2.05) is 26.0 Å². The Balaban J connectivity index is 0.00000155. The summed E-state index contributed by atoms with van der Waals surface area (Å²) in [5, 5.41) is 3.22. The van der Waals surface area contributed by atoms with E-state index in [0.29, 0.717) is 17.5 Å². The normalized spacial score (nSPS) is 10.9. The molecular weight excluding hydrogens is 378 g/mol. The van der Waals surface area contributed by atoms with Crippen LogP contribution in [0.25, 0.3) is 22.6 Å². The molecule has 30 heavy (non-hydrogen) atoms. The fourth-order valence-corrected chi connectivity index (χ4v) is 2.69. The number of nitrogens with two attached hydrogens (primary N) is 1. The minimum atomic E-state index is -0.158. The summed E-state index contributed by atoms with van der Waals surface area (Å²) in [6.45, 7) is 13.2. The van der Waals surface area contributed by atoms with Crippen LogP contribution in [-0.4, -0.2) is 38.6 Å². The standard InChI is InChI=1S/C20H27N7O.C2H6/c1-6-8-22-19-23-9-7-13(25-19)16-15(26-18(27-16)20(2,3)4)12-10-14(28-5)17(21)24-11-12;1-2/h7,9-11H,6,8H2,1-5H3,(H2,21,24)(H,26,27)(H,22,23,25);1-2H3. The van der Waals surface area contributed by atoms with Crippen molar-refractivity contribution in [1.82, 2.24) is 24.9 Å². The van der Waals surface area contributed by atoms with Crippen molar-refractivity contribution in [3.8, 4) is 28.4 Å². The van der Waals surface area contributed by atoms with Crippen molar-refractivity contribution in [2.24, 2.45) is 0 Å². The molecule has 0 saturated carbocycles. The lowest BCUT2D eigenvalue weighted by atomic mass is 9.96. The molecule has 0 spiro atoms. The van der Waals surface area contributed by atoms with Crippen LogP contribution in [0.15, 0.2) is 24.5 Å². The Morgan fingerprint density at radius 2 is 1.90 bits per heavy atom. The topological polar surface area (TPSA) is 115 Å². The van der Waals surface area contributed by atoms with Crippen LogP contribution in [0, 0.1) is 0 Å². The number of hydrogen-bond acceptors (Lipinski definition) is 7. The summed E-state index contributed by atoms with van der Waals surface area (Å²) < 4.78 is 5.33. The molecule has 0 aliphatic carbocycles. The van der Waals surface area contributed by atoms with E-state index < -0.39 is 0 Å². The van der Waals surface area contributed by atoms with Crippen LogP contribution in [0.1, 0.15) is 53.8 Å². The predicted molar refractivity (Wildman–Crippen MR) is 123 cm³/mol. The Morgan fingerprint density at radius 1 is 1.17 bits per heavy atom. The Labute approximate surface area is 178 Å². The highest BCUT2D eigenvalue weighted by Crippen LogP contribution is 2.34. The summed E-state index contributed by atoms with van der Waals surface area (Å²) in [6, 6.07) is 3.70. The van der Waals surface area contributed by atoms with Gasteiger partial charge in [0.05, 0.1) is 24.2 Å². The van der Waals surface area contributed by atoms with E-state index in [-0.39, 0.29) is 5.41 Å². The molecule has 3 heterocycles. The zero-order chi connectivity index (χ0) is 22.3. The highest BCUT2D eigenvalue weighted by Gasteiger charge is 2.24. The lowest BCUT2D eigenvalue weighted by Crippen LogP contribution is -2.13. The van der Waals surface area contributed by atoms with Gasteiger partial charge in [0, 0.05) is 29.9 Å². The molecule has 0 aliphatic rings. The molecular formula is C22H33N7O. The SMILES string of the molecule is CC.CCCNc1nccc(-c2[nH]c(C(C)(C)C)nc2-c2cnc(N)c(OC)c2)n1. The first kappa shape index (κ1) is 23.1. The van der Waals surface area contributed by atoms with E-state index in [9.17, 15) is 0 Å². The number of hydrogen-bond donors (Lipinski definition) is 3. The summed E-state index contributed by atoms with van der Waals surface area (Å²) in [5.41, 5.74) is 8.82. The van der Waals surface area contributed by atoms with Gasteiger partial charge in [0.1, 0.15) is 5.82 Å². The molecule has 8 heteroatoms. The Morgan fingerprint density at radius 3 is 2.53 bits per heavy atom. The van der Waals surface area contributed by atoms with Gasteiger partial charge < -0.3 is 20.8 Å². The molecule has 0 saturated heterocycles. The summed E-state index contributed by atoms with van der Waals surface area (Å²) in [4.78, 5) is 21.5. The first-order chi connectivity index (χ1) is 14.3. The van der Waals surface area contributed by atoms with Crippen molar-refractivity contribution in [2.45, 2.75) is 53.4 Å². The van der Waals surface area contributed by atoms with Gasteiger partial charge in [-0.1, -0.05) is 41.5 Å². The second-order valence-corrected chi connectivity index (χ2v) is 7.56. The van der Waals surface area contributed by atoms with Gasteiger partial charge in [0.2, 0.25) is 5.95 Å². The minimum absolute atomic E-state index is 0.158. The third-order valence-corrected chi connectivity index (χ3v) is 4.23. The number of imidazole rings is 1. The number of aromatic amines is 1.